The Kier molecular flexibility index (Phi) is 6.20. The Balaban J connectivity index is 1.59. The molecule has 33 heavy (non-hydrogen) atoms. The number of nitrogens with zero attached hydrogens (tertiary/aromatic N) is 1. The standard InChI is InChI=1S/C25H18ClFN2O4/c1-14-4-2-5-15(10-14)31-13-22(30)32-16-8-9-17-21(11-16)33-25(29)18(12-28)23(17)24-19(26)6-3-7-20(24)27/h2-11,23H,13,29H2,1H3. The summed E-state index contributed by atoms with van der Waals surface area (Å²) < 4.78 is 31.1. The summed E-state index contributed by atoms with van der Waals surface area (Å²) in [6.07, 6.45) is 0. The lowest BCUT2D eigenvalue weighted by atomic mass is 9.83. The zero-order chi connectivity index (χ0) is 23.5. The van der Waals surface area contributed by atoms with Crippen molar-refractivity contribution in [2.75, 3.05) is 6.61 Å². The molecule has 1 atom stereocenters. The van der Waals surface area contributed by atoms with Gasteiger partial charge in [0.25, 0.3) is 0 Å². The van der Waals surface area contributed by atoms with Crippen LogP contribution in [0.3, 0.4) is 0 Å². The first-order valence-corrected chi connectivity index (χ1v) is 10.3. The number of carbonyl (C=O) groups is 1. The molecular formula is C25H18ClFN2O4. The summed E-state index contributed by atoms with van der Waals surface area (Å²) in [5.74, 6) is -1.31. The van der Waals surface area contributed by atoms with Gasteiger partial charge in [-0.15, -0.1) is 0 Å². The zero-order valence-electron chi connectivity index (χ0n) is 17.5. The minimum Gasteiger partial charge on any atom is -0.482 e. The monoisotopic (exact) mass is 464 g/mol. The second-order valence-corrected chi connectivity index (χ2v) is 7.75. The SMILES string of the molecule is Cc1cccc(OCC(=O)Oc2ccc3c(c2)OC(N)=C(C#N)C3c2c(F)cccc2Cl)c1. The van der Waals surface area contributed by atoms with E-state index in [2.05, 4.69) is 0 Å². The van der Waals surface area contributed by atoms with Crippen LogP contribution in [0.1, 0.15) is 22.6 Å². The van der Waals surface area contributed by atoms with Crippen LogP contribution in [0.15, 0.2) is 72.1 Å². The van der Waals surface area contributed by atoms with Crippen molar-refractivity contribution in [2.24, 2.45) is 5.73 Å². The fourth-order valence-corrected chi connectivity index (χ4v) is 3.86. The Labute approximate surface area is 194 Å². The van der Waals surface area contributed by atoms with Gasteiger partial charge < -0.3 is 19.9 Å². The van der Waals surface area contributed by atoms with Crippen LogP contribution in [-0.4, -0.2) is 12.6 Å². The number of carbonyl (C=O) groups excluding carboxylic acids is 1. The van der Waals surface area contributed by atoms with E-state index in [1.54, 1.807) is 18.2 Å². The maximum Gasteiger partial charge on any atom is 0.349 e. The molecule has 0 amide bonds. The van der Waals surface area contributed by atoms with Crippen molar-refractivity contribution < 1.29 is 23.4 Å². The molecule has 0 saturated heterocycles. The summed E-state index contributed by atoms with van der Waals surface area (Å²) in [6.45, 7) is 1.62. The van der Waals surface area contributed by atoms with Crippen molar-refractivity contribution >= 4 is 17.6 Å². The molecule has 166 valence electrons. The maximum atomic E-state index is 14.7. The zero-order valence-corrected chi connectivity index (χ0v) is 18.2. The van der Waals surface area contributed by atoms with E-state index in [1.807, 2.05) is 25.1 Å². The first-order chi connectivity index (χ1) is 15.9. The van der Waals surface area contributed by atoms with Crippen LogP contribution in [0.4, 0.5) is 4.39 Å². The molecule has 0 radical (unpaired) electrons. The van der Waals surface area contributed by atoms with Gasteiger partial charge in [-0.2, -0.15) is 5.26 Å². The number of aryl methyl sites for hydroxylation is 1. The molecule has 3 aromatic rings. The van der Waals surface area contributed by atoms with E-state index in [0.29, 0.717) is 11.3 Å². The summed E-state index contributed by atoms with van der Waals surface area (Å²) in [6, 6.07) is 18.1. The number of nitriles is 1. The molecule has 0 saturated carbocycles. The molecule has 1 aliphatic rings. The minimum absolute atomic E-state index is 0.0331. The Morgan fingerprint density at radius 1 is 1.18 bits per heavy atom. The van der Waals surface area contributed by atoms with Gasteiger partial charge in [0, 0.05) is 22.2 Å². The third-order valence-electron chi connectivity index (χ3n) is 5.06. The number of esters is 1. The largest absolute Gasteiger partial charge is 0.482 e. The summed E-state index contributed by atoms with van der Waals surface area (Å²) in [7, 11) is 0. The highest BCUT2D eigenvalue weighted by Crippen LogP contribution is 2.46. The molecule has 6 nitrogen and oxygen atoms in total. The van der Waals surface area contributed by atoms with E-state index >= 15 is 0 Å². The van der Waals surface area contributed by atoms with E-state index in [0.717, 1.165) is 5.56 Å². The minimum atomic E-state index is -0.873. The quantitative estimate of drug-likeness (QED) is 0.422. The number of allylic oxidation sites excluding steroid dienone is 1. The number of ether oxygens (including phenoxy) is 3. The molecule has 2 N–H and O–H groups in total. The Morgan fingerprint density at radius 3 is 2.70 bits per heavy atom. The van der Waals surface area contributed by atoms with Crippen molar-refractivity contribution in [1.29, 1.82) is 5.26 Å². The average Bonchev–Trinajstić information content (AvgIpc) is 2.77. The highest BCUT2D eigenvalue weighted by molar-refractivity contribution is 6.31. The molecule has 3 aromatic carbocycles. The fourth-order valence-electron chi connectivity index (χ4n) is 3.59. The topological polar surface area (TPSA) is 94.6 Å². The van der Waals surface area contributed by atoms with Gasteiger partial charge in [-0.3, -0.25) is 0 Å². The van der Waals surface area contributed by atoms with E-state index in [4.69, 9.17) is 31.5 Å². The van der Waals surface area contributed by atoms with Gasteiger partial charge in [-0.25, -0.2) is 9.18 Å². The molecule has 1 aliphatic heterocycles. The van der Waals surface area contributed by atoms with Gasteiger partial charge >= 0.3 is 5.97 Å². The van der Waals surface area contributed by atoms with Gasteiger partial charge in [-0.05, 0) is 42.8 Å². The number of hydrogen-bond acceptors (Lipinski definition) is 6. The van der Waals surface area contributed by atoms with Crippen LogP contribution >= 0.6 is 11.6 Å². The van der Waals surface area contributed by atoms with Gasteiger partial charge in [0.15, 0.2) is 6.61 Å². The Morgan fingerprint density at radius 2 is 1.97 bits per heavy atom. The average molecular weight is 465 g/mol. The van der Waals surface area contributed by atoms with Crippen LogP contribution in [0.2, 0.25) is 5.02 Å². The van der Waals surface area contributed by atoms with Gasteiger partial charge in [0.05, 0.1) is 5.92 Å². The van der Waals surface area contributed by atoms with E-state index in [9.17, 15) is 14.4 Å². The van der Waals surface area contributed by atoms with Crippen LogP contribution in [0.25, 0.3) is 0 Å². The molecule has 0 aromatic heterocycles. The lowest BCUT2D eigenvalue weighted by molar-refractivity contribution is -0.136. The Bertz CT molecular complexity index is 1300. The van der Waals surface area contributed by atoms with Gasteiger partial charge in [0.2, 0.25) is 5.88 Å². The number of hydrogen-bond donors (Lipinski definition) is 1. The molecule has 8 heteroatoms. The Hall–Kier alpha value is -4.02. The number of fused-ring (bicyclic) bond motifs is 1. The molecule has 1 heterocycles. The molecule has 0 fully saturated rings. The number of rotatable bonds is 5. The van der Waals surface area contributed by atoms with Gasteiger partial charge in [-0.1, -0.05) is 35.9 Å². The second-order valence-electron chi connectivity index (χ2n) is 7.34. The van der Waals surface area contributed by atoms with Crippen molar-refractivity contribution in [3.8, 4) is 23.3 Å². The highest BCUT2D eigenvalue weighted by Gasteiger charge is 2.34. The third-order valence-corrected chi connectivity index (χ3v) is 5.39. The molecule has 0 aliphatic carbocycles. The van der Waals surface area contributed by atoms with Crippen molar-refractivity contribution in [2.45, 2.75) is 12.8 Å². The fraction of sp³-hybridized carbons (Fsp3) is 0.120. The predicted molar refractivity (Wildman–Crippen MR) is 119 cm³/mol. The first-order valence-electron chi connectivity index (χ1n) is 9.93. The normalized spacial score (nSPS) is 14.7. The van der Waals surface area contributed by atoms with Crippen molar-refractivity contribution in [1.82, 2.24) is 0 Å². The van der Waals surface area contributed by atoms with Crippen LogP contribution in [0, 0.1) is 24.1 Å². The first kappa shape index (κ1) is 22.2. The molecule has 4 rings (SSSR count). The molecular weight excluding hydrogens is 447 g/mol. The van der Waals surface area contributed by atoms with Crippen LogP contribution in [-0.2, 0) is 4.79 Å². The maximum absolute atomic E-state index is 14.7. The number of halogens is 2. The third kappa shape index (κ3) is 4.61. The highest BCUT2D eigenvalue weighted by atomic mass is 35.5. The summed E-state index contributed by atoms with van der Waals surface area (Å²) in [5, 5.41) is 9.78. The number of benzene rings is 3. The van der Waals surface area contributed by atoms with E-state index in [-0.39, 0.29) is 40.1 Å². The van der Waals surface area contributed by atoms with Crippen LogP contribution in [0.5, 0.6) is 17.2 Å². The molecule has 0 spiro atoms. The smallest absolute Gasteiger partial charge is 0.349 e. The molecule has 1 unspecified atom stereocenters. The van der Waals surface area contributed by atoms with Gasteiger partial charge in [0.1, 0.15) is 34.7 Å². The number of nitrogens with two attached hydrogens (primary N) is 1. The summed E-state index contributed by atoms with van der Waals surface area (Å²) in [5.41, 5.74) is 7.55. The summed E-state index contributed by atoms with van der Waals surface area (Å²) in [4.78, 5) is 12.2. The van der Waals surface area contributed by atoms with Crippen molar-refractivity contribution in [3.05, 3.63) is 99.7 Å². The summed E-state index contributed by atoms with van der Waals surface area (Å²) >= 11 is 6.26. The lowest BCUT2D eigenvalue weighted by Crippen LogP contribution is -2.22. The van der Waals surface area contributed by atoms with E-state index in [1.165, 1.54) is 30.3 Å². The van der Waals surface area contributed by atoms with E-state index < -0.39 is 17.7 Å². The lowest BCUT2D eigenvalue weighted by Gasteiger charge is -2.27. The van der Waals surface area contributed by atoms with Crippen molar-refractivity contribution in [3.63, 3.8) is 0 Å². The predicted octanol–water partition coefficient (Wildman–Crippen LogP) is 4.99. The molecule has 0 bridgehead atoms. The second kappa shape index (κ2) is 9.23. The van der Waals surface area contributed by atoms with Crippen LogP contribution < -0.4 is 19.9 Å².